The first-order chi connectivity index (χ1) is 12.3. The molecular weight excluding hydrogens is 332 g/mol. The van der Waals surface area contributed by atoms with Crippen molar-refractivity contribution in [2.75, 3.05) is 37.6 Å². The van der Waals surface area contributed by atoms with Crippen LogP contribution in [0, 0.1) is 5.92 Å². The Balaban J connectivity index is 1.39. The fourth-order valence-electron chi connectivity index (χ4n) is 4.63. The molecular formula is C19H24N4OS. The van der Waals surface area contributed by atoms with Gasteiger partial charge in [-0.05, 0) is 74.4 Å². The van der Waals surface area contributed by atoms with Crippen molar-refractivity contribution in [2.24, 2.45) is 5.92 Å². The quantitative estimate of drug-likeness (QED) is 0.919. The number of anilines is 1. The average molecular weight is 356 g/mol. The molecule has 1 aromatic heterocycles. The first kappa shape index (κ1) is 15.6. The van der Waals surface area contributed by atoms with E-state index in [9.17, 15) is 4.79 Å². The van der Waals surface area contributed by atoms with Crippen molar-refractivity contribution >= 4 is 33.2 Å². The monoisotopic (exact) mass is 356 g/mol. The Bertz CT molecular complexity index is 790. The third-order valence-corrected chi connectivity index (χ3v) is 6.94. The Morgan fingerprint density at radius 1 is 1.16 bits per heavy atom. The smallest absolute Gasteiger partial charge is 0.271 e. The van der Waals surface area contributed by atoms with Crippen molar-refractivity contribution in [2.45, 2.75) is 31.7 Å². The molecule has 0 spiro atoms. The van der Waals surface area contributed by atoms with Gasteiger partial charge in [-0.1, -0.05) is 0 Å². The molecule has 4 saturated heterocycles. The number of fused-ring (bicyclic) bond motifs is 4. The minimum Gasteiger partial charge on any atom is -0.372 e. The normalized spacial score (nSPS) is 28.6. The molecule has 0 radical (unpaired) electrons. The SMILES string of the molecule is O=C(N[C@H]1CN2CCC1CC2)c1nsc2ccc(N3CCCC3)cc12. The molecule has 1 N–H and O–H groups in total. The topological polar surface area (TPSA) is 48.5 Å². The summed E-state index contributed by atoms with van der Waals surface area (Å²) >= 11 is 1.43. The number of hydrogen-bond donors (Lipinski definition) is 1. The van der Waals surface area contributed by atoms with Crippen molar-refractivity contribution in [3.63, 3.8) is 0 Å². The largest absolute Gasteiger partial charge is 0.372 e. The molecule has 5 heterocycles. The Morgan fingerprint density at radius 2 is 1.96 bits per heavy atom. The predicted molar refractivity (Wildman–Crippen MR) is 101 cm³/mol. The summed E-state index contributed by atoms with van der Waals surface area (Å²) in [5.41, 5.74) is 1.83. The van der Waals surface area contributed by atoms with E-state index in [1.807, 2.05) is 0 Å². The second-order valence-corrected chi connectivity index (χ2v) is 8.43. The molecule has 1 atom stereocenters. The van der Waals surface area contributed by atoms with Gasteiger partial charge < -0.3 is 15.1 Å². The van der Waals surface area contributed by atoms with Gasteiger partial charge in [0.15, 0.2) is 0 Å². The number of nitrogens with one attached hydrogen (secondary N) is 1. The van der Waals surface area contributed by atoms with E-state index < -0.39 is 0 Å². The lowest BCUT2D eigenvalue weighted by molar-refractivity contribution is 0.0619. The summed E-state index contributed by atoms with van der Waals surface area (Å²) in [6.07, 6.45) is 4.93. The zero-order valence-corrected chi connectivity index (χ0v) is 15.2. The van der Waals surface area contributed by atoms with Crippen molar-refractivity contribution in [3.05, 3.63) is 23.9 Å². The highest BCUT2D eigenvalue weighted by Crippen LogP contribution is 2.31. The maximum atomic E-state index is 12.9. The van der Waals surface area contributed by atoms with Gasteiger partial charge in [0.1, 0.15) is 5.69 Å². The van der Waals surface area contributed by atoms with Crippen LogP contribution in [0.1, 0.15) is 36.2 Å². The summed E-state index contributed by atoms with van der Waals surface area (Å²) in [5.74, 6) is 0.641. The van der Waals surface area contributed by atoms with Crippen molar-refractivity contribution < 1.29 is 4.79 Å². The van der Waals surface area contributed by atoms with Crippen LogP contribution in [0.4, 0.5) is 5.69 Å². The third kappa shape index (κ3) is 2.81. The molecule has 4 aliphatic heterocycles. The highest BCUT2D eigenvalue weighted by Gasteiger charge is 2.35. The Labute approximate surface area is 152 Å². The van der Waals surface area contributed by atoms with Gasteiger partial charge in [-0.15, -0.1) is 0 Å². The lowest BCUT2D eigenvalue weighted by atomic mass is 9.84. The van der Waals surface area contributed by atoms with Gasteiger partial charge in [0.2, 0.25) is 0 Å². The number of carbonyl (C=O) groups is 1. The van der Waals surface area contributed by atoms with E-state index in [4.69, 9.17) is 0 Å². The fourth-order valence-corrected chi connectivity index (χ4v) is 5.38. The van der Waals surface area contributed by atoms with Gasteiger partial charge in [0.25, 0.3) is 5.91 Å². The number of benzene rings is 1. The van der Waals surface area contributed by atoms with Gasteiger partial charge in [0.05, 0.1) is 4.70 Å². The number of nitrogens with zero attached hydrogens (tertiary/aromatic N) is 3. The molecule has 2 bridgehead atoms. The van der Waals surface area contributed by atoms with Crippen LogP contribution >= 0.6 is 11.5 Å². The highest BCUT2D eigenvalue weighted by molar-refractivity contribution is 7.13. The van der Waals surface area contributed by atoms with Gasteiger partial charge in [0, 0.05) is 36.7 Å². The van der Waals surface area contributed by atoms with Gasteiger partial charge in [-0.25, -0.2) is 0 Å². The standard InChI is InChI=1S/C19H24N4OS/c24-19(20-16-12-22-9-5-13(16)6-10-22)18-15-11-14(23-7-1-2-8-23)3-4-17(15)25-21-18/h3-4,11,13,16H,1-2,5-10,12H2,(H,20,24)/t16-/m0/s1. The lowest BCUT2D eigenvalue weighted by Crippen LogP contribution is -2.57. The second kappa shape index (κ2) is 6.25. The molecule has 132 valence electrons. The highest BCUT2D eigenvalue weighted by atomic mass is 32.1. The third-order valence-electron chi connectivity index (χ3n) is 6.11. The maximum Gasteiger partial charge on any atom is 0.271 e. The van der Waals surface area contributed by atoms with E-state index in [1.165, 1.54) is 56.0 Å². The van der Waals surface area contributed by atoms with E-state index in [2.05, 4.69) is 37.7 Å². The van der Waals surface area contributed by atoms with E-state index in [0.717, 1.165) is 29.7 Å². The van der Waals surface area contributed by atoms with Crippen LogP contribution in [0.5, 0.6) is 0 Å². The zero-order valence-electron chi connectivity index (χ0n) is 14.4. The first-order valence-electron chi connectivity index (χ1n) is 9.45. The van der Waals surface area contributed by atoms with E-state index in [0.29, 0.717) is 11.6 Å². The van der Waals surface area contributed by atoms with Crippen LogP contribution in [0.3, 0.4) is 0 Å². The molecule has 6 heteroatoms. The van der Waals surface area contributed by atoms with Gasteiger partial charge >= 0.3 is 0 Å². The van der Waals surface area contributed by atoms with Crippen molar-refractivity contribution in [1.82, 2.24) is 14.6 Å². The van der Waals surface area contributed by atoms with Gasteiger partial charge in [-0.2, -0.15) is 4.37 Å². The number of amides is 1. The molecule has 25 heavy (non-hydrogen) atoms. The Hall–Kier alpha value is -1.66. The van der Waals surface area contributed by atoms with Crippen LogP contribution in [0.25, 0.3) is 10.1 Å². The summed E-state index contributed by atoms with van der Waals surface area (Å²) in [7, 11) is 0. The average Bonchev–Trinajstić information content (AvgIpc) is 3.32. The molecule has 5 nitrogen and oxygen atoms in total. The van der Waals surface area contributed by atoms with E-state index in [1.54, 1.807) is 0 Å². The summed E-state index contributed by atoms with van der Waals surface area (Å²) in [5, 5.41) is 4.29. The molecule has 2 aromatic rings. The minimum absolute atomic E-state index is 0.00331. The van der Waals surface area contributed by atoms with Crippen LogP contribution in [-0.2, 0) is 0 Å². The van der Waals surface area contributed by atoms with Crippen LogP contribution in [-0.4, -0.2) is 53.9 Å². The molecule has 1 aromatic carbocycles. The summed E-state index contributed by atoms with van der Waals surface area (Å²) in [4.78, 5) is 17.8. The molecule has 0 aliphatic carbocycles. The number of piperidine rings is 3. The van der Waals surface area contributed by atoms with Crippen LogP contribution in [0.2, 0.25) is 0 Å². The molecule has 1 amide bonds. The fraction of sp³-hybridized carbons (Fsp3) is 0.579. The van der Waals surface area contributed by atoms with Gasteiger partial charge in [-0.3, -0.25) is 4.79 Å². The predicted octanol–water partition coefficient (Wildman–Crippen LogP) is 2.72. The molecule has 0 saturated carbocycles. The molecule has 4 aliphatic rings. The maximum absolute atomic E-state index is 12.9. The molecule has 0 unspecified atom stereocenters. The van der Waals surface area contributed by atoms with Crippen molar-refractivity contribution in [3.8, 4) is 0 Å². The Kier molecular flexibility index (Phi) is 3.90. The van der Waals surface area contributed by atoms with Crippen molar-refractivity contribution in [1.29, 1.82) is 0 Å². The number of carbonyl (C=O) groups excluding carboxylic acids is 1. The number of hydrogen-bond acceptors (Lipinski definition) is 5. The lowest BCUT2D eigenvalue weighted by Gasteiger charge is -2.44. The molecule has 4 fully saturated rings. The minimum atomic E-state index is 0.00331. The summed E-state index contributed by atoms with van der Waals surface area (Å²) in [6.45, 7) is 5.61. The molecule has 6 rings (SSSR count). The summed E-state index contributed by atoms with van der Waals surface area (Å²) < 4.78 is 5.59. The zero-order chi connectivity index (χ0) is 16.8. The Morgan fingerprint density at radius 3 is 2.68 bits per heavy atom. The second-order valence-electron chi connectivity index (χ2n) is 7.62. The van der Waals surface area contributed by atoms with Crippen LogP contribution < -0.4 is 10.2 Å². The van der Waals surface area contributed by atoms with Crippen LogP contribution in [0.15, 0.2) is 18.2 Å². The van der Waals surface area contributed by atoms with E-state index in [-0.39, 0.29) is 11.9 Å². The number of aromatic nitrogens is 1. The number of rotatable bonds is 3. The van der Waals surface area contributed by atoms with E-state index >= 15 is 0 Å². The first-order valence-corrected chi connectivity index (χ1v) is 10.2. The summed E-state index contributed by atoms with van der Waals surface area (Å²) in [6, 6.07) is 6.73.